The third-order valence-corrected chi connectivity index (χ3v) is 2.51. The van der Waals surface area contributed by atoms with E-state index in [4.69, 9.17) is 22.5 Å². The molecule has 0 aromatic heterocycles. The fraction of sp³-hybridized carbons (Fsp3) is 0.125. The number of rotatable bonds is 2. The van der Waals surface area contributed by atoms with Crippen molar-refractivity contribution in [3.63, 3.8) is 0 Å². The molecule has 0 heterocycles. The summed E-state index contributed by atoms with van der Waals surface area (Å²) in [5.41, 5.74) is 1.64. The van der Waals surface area contributed by atoms with E-state index in [0.29, 0.717) is 5.69 Å². The fourth-order valence-corrected chi connectivity index (χ4v) is 1.67. The maximum absolute atomic E-state index is 11.1. The van der Waals surface area contributed by atoms with E-state index in [9.17, 15) is 9.36 Å². The average Bonchev–Trinajstić information content (AvgIpc) is 2.05. The van der Waals surface area contributed by atoms with Crippen molar-refractivity contribution in [1.29, 1.82) is 0 Å². The molecule has 0 fully saturated rings. The first kappa shape index (κ1) is 12.4. The number of hydrogen-bond donors (Lipinski definition) is 2. The summed E-state index contributed by atoms with van der Waals surface area (Å²) in [7, 11) is 0. The summed E-state index contributed by atoms with van der Waals surface area (Å²) in [6.07, 6.45) is 0. The third kappa shape index (κ3) is 5.07. The predicted octanol–water partition coefficient (Wildman–Crippen LogP) is 3.70. The number of carbonyl (C=O) groups excluding carboxylic acids is 1. The van der Waals surface area contributed by atoms with Crippen LogP contribution in [0, 0.1) is 6.92 Å². The van der Waals surface area contributed by atoms with E-state index < -0.39 is 12.0 Å². The van der Waals surface area contributed by atoms with E-state index in [2.05, 4.69) is 5.32 Å². The standard InChI is InChI=1S/C8H9Cl2N2O2P/c1-6-2-4-7(5-3-6)11-8(13)12-15(9,10)14/h2-5H,1H3,(H2,11,12,13,14). The molecular weight excluding hydrogens is 258 g/mol. The van der Waals surface area contributed by atoms with Crippen LogP contribution in [0.1, 0.15) is 5.56 Å². The Hall–Kier alpha value is -0.700. The van der Waals surface area contributed by atoms with Gasteiger partial charge in [0.1, 0.15) is 0 Å². The fourth-order valence-electron chi connectivity index (χ4n) is 0.914. The van der Waals surface area contributed by atoms with Gasteiger partial charge in [-0.1, -0.05) is 17.7 Å². The average molecular weight is 267 g/mol. The molecule has 0 spiro atoms. The normalized spacial score (nSPS) is 10.9. The number of amides is 2. The molecule has 1 aromatic carbocycles. The van der Waals surface area contributed by atoms with Gasteiger partial charge in [0.05, 0.1) is 0 Å². The quantitative estimate of drug-likeness (QED) is 0.802. The highest BCUT2D eigenvalue weighted by atomic mass is 35.9. The SMILES string of the molecule is Cc1ccc(NC(=O)NP(=O)(Cl)Cl)cc1. The number of urea groups is 1. The number of benzene rings is 1. The molecule has 0 saturated heterocycles. The van der Waals surface area contributed by atoms with Gasteiger partial charge in [-0.15, -0.1) is 0 Å². The van der Waals surface area contributed by atoms with Crippen LogP contribution < -0.4 is 10.4 Å². The van der Waals surface area contributed by atoms with Gasteiger partial charge < -0.3 is 5.32 Å². The molecule has 15 heavy (non-hydrogen) atoms. The zero-order valence-corrected chi connectivity index (χ0v) is 10.2. The van der Waals surface area contributed by atoms with E-state index in [1.54, 1.807) is 12.1 Å². The molecule has 0 atom stereocenters. The number of anilines is 1. The highest BCUT2D eigenvalue weighted by molar-refractivity contribution is 8.07. The third-order valence-electron chi connectivity index (χ3n) is 1.54. The Labute approximate surface area is 97.0 Å². The first-order valence-electron chi connectivity index (χ1n) is 4.02. The van der Waals surface area contributed by atoms with Crippen LogP contribution in [0.5, 0.6) is 0 Å². The zero-order valence-electron chi connectivity index (χ0n) is 7.83. The van der Waals surface area contributed by atoms with E-state index in [1.807, 2.05) is 24.1 Å². The lowest BCUT2D eigenvalue weighted by Gasteiger charge is -2.07. The number of nitrogens with one attached hydrogen (secondary N) is 2. The van der Waals surface area contributed by atoms with Crippen molar-refractivity contribution in [2.45, 2.75) is 6.92 Å². The Kier molecular flexibility index (Phi) is 4.03. The smallest absolute Gasteiger partial charge is 0.308 e. The van der Waals surface area contributed by atoms with E-state index in [0.717, 1.165) is 5.56 Å². The highest BCUT2D eigenvalue weighted by Gasteiger charge is 2.16. The summed E-state index contributed by atoms with van der Waals surface area (Å²) in [6, 6.07) is 6.38. The summed E-state index contributed by atoms with van der Waals surface area (Å²) < 4.78 is 10.8. The lowest BCUT2D eigenvalue weighted by atomic mass is 10.2. The summed E-state index contributed by atoms with van der Waals surface area (Å²) >= 11 is 10.3. The Morgan fingerprint density at radius 1 is 1.27 bits per heavy atom. The first-order valence-corrected chi connectivity index (χ1v) is 7.54. The second kappa shape index (κ2) is 4.88. The largest absolute Gasteiger partial charge is 0.346 e. The molecule has 0 saturated carbocycles. The van der Waals surface area contributed by atoms with Gasteiger partial charge in [-0.25, -0.2) is 4.79 Å². The summed E-state index contributed by atoms with van der Waals surface area (Å²) in [6.45, 7) is 1.93. The van der Waals surface area contributed by atoms with Gasteiger partial charge >= 0.3 is 12.0 Å². The molecule has 0 unspecified atom stereocenters. The van der Waals surface area contributed by atoms with Crippen LogP contribution in [-0.2, 0) is 4.57 Å². The lowest BCUT2D eigenvalue weighted by Crippen LogP contribution is -2.23. The van der Waals surface area contributed by atoms with Gasteiger partial charge in [0.15, 0.2) is 0 Å². The van der Waals surface area contributed by atoms with Gasteiger partial charge in [0.2, 0.25) is 0 Å². The molecule has 82 valence electrons. The molecule has 2 amide bonds. The number of carbonyl (C=O) groups is 1. The molecule has 7 heteroatoms. The highest BCUT2D eigenvalue weighted by Crippen LogP contribution is 2.51. The lowest BCUT2D eigenvalue weighted by molar-refractivity contribution is 0.256. The van der Waals surface area contributed by atoms with Crippen LogP contribution in [0.3, 0.4) is 0 Å². The van der Waals surface area contributed by atoms with Crippen molar-refractivity contribution < 1.29 is 9.36 Å². The number of hydrogen-bond acceptors (Lipinski definition) is 2. The maximum Gasteiger partial charge on any atom is 0.346 e. The van der Waals surface area contributed by atoms with Gasteiger partial charge in [-0.3, -0.25) is 9.65 Å². The minimum absolute atomic E-state index is 0.569. The van der Waals surface area contributed by atoms with Crippen molar-refractivity contribution in [1.82, 2.24) is 5.09 Å². The van der Waals surface area contributed by atoms with Crippen LogP contribution in [-0.4, -0.2) is 6.03 Å². The number of halogens is 2. The predicted molar refractivity (Wildman–Crippen MR) is 62.6 cm³/mol. The molecular formula is C8H9Cl2N2O2P. The Morgan fingerprint density at radius 3 is 2.27 bits per heavy atom. The molecule has 0 aliphatic heterocycles. The molecule has 4 nitrogen and oxygen atoms in total. The Balaban J connectivity index is 2.59. The van der Waals surface area contributed by atoms with Gasteiger partial charge in [0.25, 0.3) is 0 Å². The Morgan fingerprint density at radius 2 is 1.80 bits per heavy atom. The summed E-state index contributed by atoms with van der Waals surface area (Å²) in [4.78, 5) is 11.1. The van der Waals surface area contributed by atoms with Crippen LogP contribution in [0.25, 0.3) is 0 Å². The van der Waals surface area contributed by atoms with Gasteiger partial charge in [-0.2, -0.15) is 0 Å². The van der Waals surface area contributed by atoms with Crippen LogP contribution >= 0.6 is 28.5 Å². The minimum Gasteiger partial charge on any atom is -0.308 e. The monoisotopic (exact) mass is 266 g/mol. The molecule has 0 aliphatic carbocycles. The van der Waals surface area contributed by atoms with Crippen molar-refractivity contribution in [3.05, 3.63) is 29.8 Å². The molecule has 1 aromatic rings. The topological polar surface area (TPSA) is 58.2 Å². The first-order chi connectivity index (χ1) is 6.87. The Bertz CT molecular complexity index is 402. The molecule has 2 N–H and O–H groups in total. The van der Waals surface area contributed by atoms with Crippen LogP contribution in [0.15, 0.2) is 24.3 Å². The summed E-state index contributed by atoms with van der Waals surface area (Å²) in [5, 5.41) is 4.35. The molecule has 0 bridgehead atoms. The second-order valence-corrected chi connectivity index (χ2v) is 7.42. The summed E-state index contributed by atoms with van der Waals surface area (Å²) in [5.74, 6) is -3.59. The van der Waals surface area contributed by atoms with Crippen molar-refractivity contribution >= 4 is 40.2 Å². The van der Waals surface area contributed by atoms with Crippen LogP contribution in [0.4, 0.5) is 10.5 Å². The van der Waals surface area contributed by atoms with Crippen molar-refractivity contribution in [3.8, 4) is 0 Å². The maximum atomic E-state index is 11.1. The van der Waals surface area contributed by atoms with E-state index >= 15 is 0 Å². The van der Waals surface area contributed by atoms with Crippen molar-refractivity contribution in [2.24, 2.45) is 0 Å². The molecule has 0 radical (unpaired) electrons. The molecule has 1 rings (SSSR count). The number of aryl methyl sites for hydroxylation is 1. The zero-order chi connectivity index (χ0) is 11.5. The van der Waals surface area contributed by atoms with E-state index in [1.165, 1.54) is 0 Å². The van der Waals surface area contributed by atoms with Gasteiger partial charge in [0, 0.05) is 5.69 Å². The minimum atomic E-state index is -3.59. The van der Waals surface area contributed by atoms with Gasteiger partial charge in [-0.05, 0) is 41.5 Å². The molecule has 0 aliphatic rings. The van der Waals surface area contributed by atoms with Crippen LogP contribution in [0.2, 0.25) is 0 Å². The van der Waals surface area contributed by atoms with Crippen molar-refractivity contribution in [2.75, 3.05) is 5.32 Å². The van der Waals surface area contributed by atoms with E-state index in [-0.39, 0.29) is 0 Å². The second-order valence-electron chi connectivity index (χ2n) is 2.89.